The van der Waals surface area contributed by atoms with E-state index in [2.05, 4.69) is 4.99 Å². The Labute approximate surface area is 59.4 Å². The third-order valence-electron chi connectivity index (χ3n) is 0.915. The fourth-order valence-electron chi connectivity index (χ4n) is 0.482. The molecule has 0 amide bonds. The van der Waals surface area contributed by atoms with E-state index in [1.54, 1.807) is 0 Å². The Hall–Kier alpha value is -0.810. The lowest BCUT2D eigenvalue weighted by Crippen LogP contribution is -2.23. The molecule has 10 heavy (non-hydrogen) atoms. The molecule has 6 N–H and O–H groups in total. The Kier molecular flexibility index (Phi) is 4.61. The van der Waals surface area contributed by atoms with Gasteiger partial charge in [0.1, 0.15) is 0 Å². The predicted molar refractivity (Wildman–Crippen MR) is 38.1 cm³/mol. The maximum Gasteiger partial charge on any atom is 0.185 e. The van der Waals surface area contributed by atoms with Crippen molar-refractivity contribution in [3.05, 3.63) is 0 Å². The van der Waals surface area contributed by atoms with Crippen LogP contribution in [0, 0.1) is 0 Å². The van der Waals surface area contributed by atoms with Gasteiger partial charge in [-0.1, -0.05) is 0 Å². The number of nitrogens with zero attached hydrogens (tertiary/aromatic N) is 1. The van der Waals surface area contributed by atoms with E-state index in [4.69, 9.17) is 21.7 Å². The lowest BCUT2D eigenvalue weighted by molar-refractivity contribution is -0.0457. The van der Waals surface area contributed by atoms with Crippen LogP contribution < -0.4 is 11.5 Å². The molecule has 0 atom stereocenters. The quantitative estimate of drug-likeness (QED) is 0.165. The maximum atomic E-state index is 8.36. The molecular formula is C5H13N3O2. The third-order valence-corrected chi connectivity index (χ3v) is 0.915. The Balaban J connectivity index is 3.13. The SMILES string of the molecule is NC(N)=NCCCC(O)O. The fraction of sp³-hybridized carbons (Fsp3) is 0.800. The van der Waals surface area contributed by atoms with Crippen molar-refractivity contribution in [2.45, 2.75) is 19.1 Å². The van der Waals surface area contributed by atoms with Crippen LogP contribution in [0.4, 0.5) is 0 Å². The number of aliphatic imine (C=N–C) groups is 1. The van der Waals surface area contributed by atoms with E-state index >= 15 is 0 Å². The van der Waals surface area contributed by atoms with Crippen LogP contribution in [0.25, 0.3) is 0 Å². The van der Waals surface area contributed by atoms with E-state index in [1.807, 2.05) is 0 Å². The minimum atomic E-state index is -1.26. The highest BCUT2D eigenvalue weighted by Gasteiger charge is 1.94. The number of guanidine groups is 1. The summed E-state index contributed by atoms with van der Waals surface area (Å²) in [5.41, 5.74) is 10.0. The van der Waals surface area contributed by atoms with E-state index in [0.717, 1.165) is 0 Å². The Bertz CT molecular complexity index is 109. The second kappa shape index (κ2) is 5.01. The van der Waals surface area contributed by atoms with Crippen molar-refractivity contribution in [3.63, 3.8) is 0 Å². The summed E-state index contributed by atoms with van der Waals surface area (Å²) in [6, 6.07) is 0. The molecule has 60 valence electrons. The molecule has 0 unspecified atom stereocenters. The second-order valence-corrected chi connectivity index (χ2v) is 1.93. The van der Waals surface area contributed by atoms with Gasteiger partial charge in [-0.3, -0.25) is 4.99 Å². The summed E-state index contributed by atoms with van der Waals surface area (Å²) < 4.78 is 0. The van der Waals surface area contributed by atoms with Crippen LogP contribution in [0.3, 0.4) is 0 Å². The van der Waals surface area contributed by atoms with Crippen molar-refractivity contribution in [1.29, 1.82) is 0 Å². The predicted octanol–water partition coefficient (Wildman–Crippen LogP) is -1.65. The van der Waals surface area contributed by atoms with Crippen molar-refractivity contribution in [2.75, 3.05) is 6.54 Å². The van der Waals surface area contributed by atoms with Gasteiger partial charge in [0.25, 0.3) is 0 Å². The van der Waals surface area contributed by atoms with Crippen LogP contribution in [0.1, 0.15) is 12.8 Å². The van der Waals surface area contributed by atoms with E-state index in [1.165, 1.54) is 0 Å². The largest absolute Gasteiger partial charge is 0.370 e. The average Bonchev–Trinajstić information content (AvgIpc) is 1.79. The molecule has 0 aliphatic rings. The summed E-state index contributed by atoms with van der Waals surface area (Å²) in [6.07, 6.45) is -0.374. The highest BCUT2D eigenvalue weighted by atomic mass is 16.5. The van der Waals surface area contributed by atoms with Gasteiger partial charge in [0.05, 0.1) is 0 Å². The molecule has 5 heteroatoms. The first-order valence-electron chi connectivity index (χ1n) is 3.04. The van der Waals surface area contributed by atoms with Crippen LogP contribution in [0.5, 0.6) is 0 Å². The first-order chi connectivity index (χ1) is 4.63. The third kappa shape index (κ3) is 7.19. The van der Waals surface area contributed by atoms with Gasteiger partial charge in [0.2, 0.25) is 0 Å². The van der Waals surface area contributed by atoms with Crippen LogP contribution in [0.15, 0.2) is 4.99 Å². The van der Waals surface area contributed by atoms with Crippen molar-refractivity contribution in [2.24, 2.45) is 16.5 Å². The second-order valence-electron chi connectivity index (χ2n) is 1.93. The molecule has 0 saturated carbocycles. The average molecular weight is 147 g/mol. The van der Waals surface area contributed by atoms with E-state index < -0.39 is 6.29 Å². The van der Waals surface area contributed by atoms with Crippen LogP contribution in [-0.4, -0.2) is 29.0 Å². The lowest BCUT2D eigenvalue weighted by atomic mass is 10.3. The van der Waals surface area contributed by atoms with Gasteiger partial charge in [0.15, 0.2) is 12.2 Å². The molecule has 0 heterocycles. The van der Waals surface area contributed by atoms with Gasteiger partial charge in [-0.2, -0.15) is 0 Å². The van der Waals surface area contributed by atoms with E-state index in [9.17, 15) is 0 Å². The van der Waals surface area contributed by atoms with Crippen molar-refractivity contribution >= 4 is 5.96 Å². The maximum absolute atomic E-state index is 8.36. The van der Waals surface area contributed by atoms with Crippen molar-refractivity contribution in [1.82, 2.24) is 0 Å². The molecule has 0 aromatic rings. The Morgan fingerprint density at radius 2 is 2.00 bits per heavy atom. The van der Waals surface area contributed by atoms with E-state index in [0.29, 0.717) is 19.4 Å². The number of rotatable bonds is 4. The van der Waals surface area contributed by atoms with Gasteiger partial charge in [-0.05, 0) is 12.8 Å². The molecule has 5 nitrogen and oxygen atoms in total. The van der Waals surface area contributed by atoms with Gasteiger partial charge in [0, 0.05) is 6.54 Å². The lowest BCUT2D eigenvalue weighted by Gasteiger charge is -1.99. The molecule has 0 rings (SSSR count). The fourth-order valence-corrected chi connectivity index (χ4v) is 0.482. The first kappa shape index (κ1) is 9.19. The van der Waals surface area contributed by atoms with Gasteiger partial charge < -0.3 is 21.7 Å². The minimum Gasteiger partial charge on any atom is -0.370 e. The highest BCUT2D eigenvalue weighted by molar-refractivity contribution is 5.75. The monoisotopic (exact) mass is 147 g/mol. The summed E-state index contributed by atoms with van der Waals surface area (Å²) in [6.45, 7) is 0.444. The molecule has 0 aliphatic heterocycles. The first-order valence-corrected chi connectivity index (χ1v) is 3.04. The molecular weight excluding hydrogens is 134 g/mol. The van der Waals surface area contributed by atoms with E-state index in [-0.39, 0.29) is 5.96 Å². The molecule has 0 spiro atoms. The molecule has 0 aromatic carbocycles. The van der Waals surface area contributed by atoms with Crippen LogP contribution in [-0.2, 0) is 0 Å². The molecule has 0 bridgehead atoms. The molecule has 0 fully saturated rings. The topological polar surface area (TPSA) is 105 Å². The molecule has 0 radical (unpaired) electrons. The standard InChI is InChI=1S/C5H13N3O2/c6-5(7)8-3-1-2-4(9)10/h4,9-10H,1-3H2,(H4,6,7,8). The zero-order valence-corrected chi connectivity index (χ0v) is 5.70. The minimum absolute atomic E-state index is 0.0347. The van der Waals surface area contributed by atoms with Gasteiger partial charge in [-0.15, -0.1) is 0 Å². The van der Waals surface area contributed by atoms with Crippen LogP contribution >= 0.6 is 0 Å². The summed E-state index contributed by atoms with van der Waals surface area (Å²) in [5, 5.41) is 16.7. The number of hydrogen-bond donors (Lipinski definition) is 4. The summed E-state index contributed by atoms with van der Waals surface area (Å²) in [5.74, 6) is 0.0347. The number of nitrogens with two attached hydrogens (primary N) is 2. The van der Waals surface area contributed by atoms with Crippen molar-refractivity contribution in [3.8, 4) is 0 Å². The molecule has 0 aliphatic carbocycles. The summed E-state index contributed by atoms with van der Waals surface area (Å²) in [7, 11) is 0. The number of hydrogen-bond acceptors (Lipinski definition) is 3. The smallest absolute Gasteiger partial charge is 0.185 e. The summed E-state index contributed by atoms with van der Waals surface area (Å²) in [4.78, 5) is 3.65. The van der Waals surface area contributed by atoms with Gasteiger partial charge >= 0.3 is 0 Å². The Morgan fingerprint density at radius 1 is 1.40 bits per heavy atom. The normalized spacial score (nSPS) is 9.90. The number of aliphatic hydroxyl groups is 2. The molecule has 0 aromatic heterocycles. The summed E-state index contributed by atoms with van der Waals surface area (Å²) >= 11 is 0. The van der Waals surface area contributed by atoms with Crippen LogP contribution in [0.2, 0.25) is 0 Å². The zero-order valence-electron chi connectivity index (χ0n) is 5.70. The molecule has 0 saturated heterocycles. The van der Waals surface area contributed by atoms with Gasteiger partial charge in [-0.25, -0.2) is 0 Å². The van der Waals surface area contributed by atoms with Crippen molar-refractivity contribution < 1.29 is 10.2 Å². The highest BCUT2D eigenvalue weighted by Crippen LogP contribution is 1.92. The zero-order chi connectivity index (χ0) is 7.98. The Morgan fingerprint density at radius 3 is 2.40 bits per heavy atom. The number of aliphatic hydroxyl groups excluding tert-OH is 1.